The Labute approximate surface area is 144 Å². The predicted molar refractivity (Wildman–Crippen MR) is 94.8 cm³/mol. The number of hydrogen-bond donors (Lipinski definition) is 1. The van der Waals surface area contributed by atoms with Crippen molar-refractivity contribution in [1.82, 2.24) is 5.32 Å². The molecule has 0 aliphatic heterocycles. The van der Waals surface area contributed by atoms with E-state index in [9.17, 15) is 9.59 Å². The number of amides is 1. The predicted octanol–water partition coefficient (Wildman–Crippen LogP) is 3.80. The lowest BCUT2D eigenvalue weighted by molar-refractivity contribution is -0.134. The van der Waals surface area contributed by atoms with Gasteiger partial charge in [0.25, 0.3) is 0 Å². The summed E-state index contributed by atoms with van der Waals surface area (Å²) < 4.78 is 5.38. The van der Waals surface area contributed by atoms with Crippen LogP contribution in [0.5, 0.6) is 5.75 Å². The summed E-state index contributed by atoms with van der Waals surface area (Å²) in [6.45, 7) is 5.85. The molecular weight excluding hydrogens is 302 g/mol. The van der Waals surface area contributed by atoms with E-state index >= 15 is 0 Å². The first-order valence-electron chi connectivity index (χ1n) is 8.78. The van der Waals surface area contributed by atoms with E-state index in [2.05, 4.69) is 11.9 Å². The van der Waals surface area contributed by atoms with Crippen molar-refractivity contribution in [2.75, 3.05) is 6.54 Å². The lowest BCUT2D eigenvalue weighted by Gasteiger charge is -2.09. The Hall–Kier alpha value is -2.10. The number of rotatable bonds is 8. The molecule has 4 heteroatoms. The molecule has 1 aromatic rings. The molecule has 1 aliphatic rings. The van der Waals surface area contributed by atoms with Crippen molar-refractivity contribution in [1.29, 1.82) is 0 Å². The van der Waals surface area contributed by atoms with Gasteiger partial charge in [-0.1, -0.05) is 44.4 Å². The summed E-state index contributed by atoms with van der Waals surface area (Å²) in [4.78, 5) is 23.3. The lowest BCUT2D eigenvalue weighted by Crippen LogP contribution is -2.25. The van der Waals surface area contributed by atoms with Crippen molar-refractivity contribution in [3.63, 3.8) is 0 Å². The number of ether oxygens (including phenoxy) is 1. The summed E-state index contributed by atoms with van der Waals surface area (Å²) in [7, 11) is 0. The van der Waals surface area contributed by atoms with Crippen molar-refractivity contribution >= 4 is 11.9 Å². The van der Waals surface area contributed by atoms with Gasteiger partial charge in [0, 0.05) is 18.5 Å². The Morgan fingerprint density at radius 3 is 2.50 bits per heavy atom. The van der Waals surface area contributed by atoms with Gasteiger partial charge in [0.05, 0.1) is 0 Å². The Morgan fingerprint density at radius 2 is 1.88 bits per heavy atom. The minimum atomic E-state index is -0.150. The van der Waals surface area contributed by atoms with E-state index < -0.39 is 0 Å². The average molecular weight is 329 g/mol. The SMILES string of the molecule is C=C(C)C(=O)NCCc1ccc(OC(=O)CCC2CCCC2)cc1. The van der Waals surface area contributed by atoms with Gasteiger partial charge < -0.3 is 10.1 Å². The molecule has 0 radical (unpaired) electrons. The maximum absolute atomic E-state index is 11.9. The highest BCUT2D eigenvalue weighted by molar-refractivity contribution is 5.92. The number of hydrogen-bond acceptors (Lipinski definition) is 3. The molecule has 1 saturated carbocycles. The third-order valence-electron chi connectivity index (χ3n) is 4.47. The largest absolute Gasteiger partial charge is 0.427 e. The zero-order valence-corrected chi connectivity index (χ0v) is 14.5. The van der Waals surface area contributed by atoms with Gasteiger partial charge in [-0.05, 0) is 43.4 Å². The lowest BCUT2D eigenvalue weighted by atomic mass is 10.0. The fourth-order valence-corrected chi connectivity index (χ4v) is 3.00. The Kier molecular flexibility index (Phi) is 7.04. The number of carbonyl (C=O) groups excluding carboxylic acids is 2. The molecule has 0 heterocycles. The molecule has 130 valence electrons. The van der Waals surface area contributed by atoms with Gasteiger partial charge >= 0.3 is 5.97 Å². The first-order valence-corrected chi connectivity index (χ1v) is 8.78. The molecule has 1 aliphatic carbocycles. The van der Waals surface area contributed by atoms with E-state index in [0.29, 0.717) is 30.2 Å². The Morgan fingerprint density at radius 1 is 1.21 bits per heavy atom. The van der Waals surface area contributed by atoms with Crippen LogP contribution in [0.15, 0.2) is 36.4 Å². The van der Waals surface area contributed by atoms with Crippen LogP contribution in [0.1, 0.15) is 51.0 Å². The highest BCUT2D eigenvalue weighted by atomic mass is 16.5. The number of esters is 1. The molecular formula is C20H27NO3. The number of benzene rings is 1. The van der Waals surface area contributed by atoms with E-state index in [0.717, 1.165) is 18.4 Å². The first-order chi connectivity index (χ1) is 11.5. The maximum Gasteiger partial charge on any atom is 0.311 e. The van der Waals surface area contributed by atoms with Crippen LogP contribution in [0.3, 0.4) is 0 Å². The van der Waals surface area contributed by atoms with Crippen molar-refractivity contribution in [3.8, 4) is 5.75 Å². The van der Waals surface area contributed by atoms with Crippen LogP contribution in [0.2, 0.25) is 0 Å². The molecule has 0 atom stereocenters. The molecule has 4 nitrogen and oxygen atoms in total. The van der Waals surface area contributed by atoms with Gasteiger partial charge in [-0.2, -0.15) is 0 Å². The zero-order valence-electron chi connectivity index (χ0n) is 14.5. The third kappa shape index (κ3) is 6.19. The summed E-state index contributed by atoms with van der Waals surface area (Å²) in [5.74, 6) is 1.02. The van der Waals surface area contributed by atoms with Gasteiger partial charge in [0.1, 0.15) is 5.75 Å². The minimum absolute atomic E-state index is 0.122. The second kappa shape index (κ2) is 9.26. The summed E-state index contributed by atoms with van der Waals surface area (Å²) in [5, 5.41) is 2.80. The van der Waals surface area contributed by atoms with Gasteiger partial charge in [-0.15, -0.1) is 0 Å². The van der Waals surface area contributed by atoms with Crippen LogP contribution >= 0.6 is 0 Å². The third-order valence-corrected chi connectivity index (χ3v) is 4.47. The monoisotopic (exact) mass is 329 g/mol. The molecule has 1 amide bonds. The summed E-state index contributed by atoms with van der Waals surface area (Å²) >= 11 is 0. The Bertz CT molecular complexity index is 571. The topological polar surface area (TPSA) is 55.4 Å². The summed E-state index contributed by atoms with van der Waals surface area (Å²) in [6.07, 6.45) is 7.28. The maximum atomic E-state index is 11.9. The van der Waals surface area contributed by atoms with Crippen molar-refractivity contribution in [2.24, 2.45) is 5.92 Å². The van der Waals surface area contributed by atoms with Crippen molar-refractivity contribution in [2.45, 2.75) is 51.9 Å². The molecule has 0 saturated heterocycles. The normalized spacial score (nSPS) is 14.4. The van der Waals surface area contributed by atoms with Crippen LogP contribution in [0.4, 0.5) is 0 Å². The number of nitrogens with one attached hydrogen (secondary N) is 1. The van der Waals surface area contributed by atoms with E-state index in [4.69, 9.17) is 4.74 Å². The van der Waals surface area contributed by atoms with E-state index in [1.165, 1.54) is 25.7 Å². The van der Waals surface area contributed by atoms with Gasteiger partial charge in [0.15, 0.2) is 0 Å². The fraction of sp³-hybridized carbons (Fsp3) is 0.500. The molecule has 0 aromatic heterocycles. The quantitative estimate of drug-likeness (QED) is 0.448. The van der Waals surface area contributed by atoms with Crippen LogP contribution in [0, 0.1) is 5.92 Å². The van der Waals surface area contributed by atoms with Gasteiger partial charge in [-0.3, -0.25) is 9.59 Å². The second-order valence-corrected chi connectivity index (χ2v) is 6.59. The van der Waals surface area contributed by atoms with E-state index in [1.807, 2.05) is 24.3 Å². The molecule has 0 unspecified atom stereocenters. The smallest absolute Gasteiger partial charge is 0.311 e. The Balaban J connectivity index is 1.69. The van der Waals surface area contributed by atoms with Crippen LogP contribution in [-0.4, -0.2) is 18.4 Å². The van der Waals surface area contributed by atoms with Crippen molar-refractivity contribution in [3.05, 3.63) is 42.0 Å². The molecule has 1 fully saturated rings. The first kappa shape index (κ1) is 18.2. The van der Waals surface area contributed by atoms with Crippen LogP contribution in [0.25, 0.3) is 0 Å². The molecule has 1 aromatic carbocycles. The van der Waals surface area contributed by atoms with Gasteiger partial charge in [-0.25, -0.2) is 0 Å². The van der Waals surface area contributed by atoms with E-state index in [1.54, 1.807) is 6.92 Å². The summed E-state index contributed by atoms with van der Waals surface area (Å²) in [6, 6.07) is 7.46. The highest BCUT2D eigenvalue weighted by Gasteiger charge is 2.16. The van der Waals surface area contributed by atoms with Crippen molar-refractivity contribution < 1.29 is 14.3 Å². The molecule has 0 spiro atoms. The second-order valence-electron chi connectivity index (χ2n) is 6.59. The highest BCUT2D eigenvalue weighted by Crippen LogP contribution is 2.28. The number of carbonyl (C=O) groups is 2. The molecule has 1 N–H and O–H groups in total. The zero-order chi connectivity index (χ0) is 17.4. The van der Waals surface area contributed by atoms with Crippen LogP contribution < -0.4 is 10.1 Å². The average Bonchev–Trinajstić information content (AvgIpc) is 3.08. The summed E-state index contributed by atoms with van der Waals surface area (Å²) in [5.41, 5.74) is 1.60. The van der Waals surface area contributed by atoms with Gasteiger partial charge in [0.2, 0.25) is 5.91 Å². The molecule has 0 bridgehead atoms. The molecule has 2 rings (SSSR count). The standard InChI is InChI=1S/C20H27NO3/c1-15(2)20(23)21-14-13-17-7-10-18(11-8-17)24-19(22)12-9-16-5-3-4-6-16/h7-8,10-11,16H,1,3-6,9,12-14H2,2H3,(H,21,23). The van der Waals surface area contributed by atoms with E-state index in [-0.39, 0.29) is 11.9 Å². The fourth-order valence-electron chi connectivity index (χ4n) is 3.00. The molecule has 24 heavy (non-hydrogen) atoms. The van der Waals surface area contributed by atoms with Crippen LogP contribution in [-0.2, 0) is 16.0 Å². The minimum Gasteiger partial charge on any atom is -0.427 e.